The van der Waals surface area contributed by atoms with Crippen molar-refractivity contribution in [1.82, 2.24) is 4.90 Å². The monoisotopic (exact) mass is 278 g/mol. The first-order valence-corrected chi connectivity index (χ1v) is 6.58. The maximum atomic E-state index is 11.9. The van der Waals surface area contributed by atoms with Gasteiger partial charge in [0.05, 0.1) is 5.92 Å². The van der Waals surface area contributed by atoms with Gasteiger partial charge < -0.3 is 15.3 Å². The van der Waals surface area contributed by atoms with Crippen LogP contribution < -0.4 is 5.32 Å². The van der Waals surface area contributed by atoms with Gasteiger partial charge in [0.15, 0.2) is 0 Å². The Morgan fingerprint density at radius 2 is 1.70 bits per heavy atom. The molecule has 0 spiro atoms. The second-order valence-corrected chi connectivity index (χ2v) is 5.34. The summed E-state index contributed by atoms with van der Waals surface area (Å²) in [6, 6.07) is 7.55. The SMILES string of the molecule is CC(C(=O)O)C(C)C(=O)Nc1ccc(CN(C)C)cc1. The predicted octanol–water partition coefficient (Wildman–Crippen LogP) is 2.04. The highest BCUT2D eigenvalue weighted by atomic mass is 16.4. The summed E-state index contributed by atoms with van der Waals surface area (Å²) in [6.07, 6.45) is 0. The molecule has 1 aromatic carbocycles. The van der Waals surface area contributed by atoms with Crippen LogP contribution in [0, 0.1) is 11.8 Å². The standard InChI is InChI=1S/C15H22N2O3/c1-10(11(2)15(19)20)14(18)16-13-7-5-12(6-8-13)9-17(3)4/h5-8,10-11H,9H2,1-4H3,(H,16,18)(H,19,20). The van der Waals surface area contributed by atoms with Crippen molar-refractivity contribution >= 4 is 17.6 Å². The summed E-state index contributed by atoms with van der Waals surface area (Å²) in [5.74, 6) is -2.52. The molecule has 0 fully saturated rings. The van der Waals surface area contributed by atoms with Gasteiger partial charge in [-0.2, -0.15) is 0 Å². The zero-order valence-electron chi connectivity index (χ0n) is 12.4. The van der Waals surface area contributed by atoms with E-state index in [1.807, 2.05) is 38.4 Å². The molecule has 5 nitrogen and oxygen atoms in total. The molecule has 0 aliphatic carbocycles. The predicted molar refractivity (Wildman–Crippen MR) is 78.4 cm³/mol. The highest BCUT2D eigenvalue weighted by Crippen LogP contribution is 2.16. The Balaban J connectivity index is 2.64. The molecular weight excluding hydrogens is 256 g/mol. The molecule has 1 rings (SSSR count). The number of carbonyl (C=O) groups is 2. The van der Waals surface area contributed by atoms with Crippen LogP contribution in [0.2, 0.25) is 0 Å². The fraction of sp³-hybridized carbons (Fsp3) is 0.467. The Morgan fingerprint density at radius 3 is 2.15 bits per heavy atom. The lowest BCUT2D eigenvalue weighted by Gasteiger charge is -2.16. The summed E-state index contributed by atoms with van der Waals surface area (Å²) in [6.45, 7) is 3.99. The van der Waals surface area contributed by atoms with Crippen molar-refractivity contribution in [3.63, 3.8) is 0 Å². The number of hydrogen-bond acceptors (Lipinski definition) is 3. The van der Waals surface area contributed by atoms with Crippen LogP contribution in [-0.2, 0) is 16.1 Å². The zero-order valence-corrected chi connectivity index (χ0v) is 12.4. The van der Waals surface area contributed by atoms with Crippen LogP contribution >= 0.6 is 0 Å². The van der Waals surface area contributed by atoms with Gasteiger partial charge in [0.2, 0.25) is 5.91 Å². The minimum absolute atomic E-state index is 0.278. The van der Waals surface area contributed by atoms with E-state index >= 15 is 0 Å². The van der Waals surface area contributed by atoms with E-state index in [1.165, 1.54) is 6.92 Å². The molecule has 0 bridgehead atoms. The van der Waals surface area contributed by atoms with E-state index in [4.69, 9.17) is 5.11 Å². The average molecular weight is 278 g/mol. The third-order valence-corrected chi connectivity index (χ3v) is 3.27. The van der Waals surface area contributed by atoms with Crippen LogP contribution in [0.1, 0.15) is 19.4 Å². The second kappa shape index (κ2) is 7.05. The Labute approximate surface area is 119 Å². The molecule has 0 aliphatic rings. The molecule has 2 unspecified atom stereocenters. The highest BCUT2D eigenvalue weighted by molar-refractivity contribution is 5.94. The smallest absolute Gasteiger partial charge is 0.307 e. The first-order valence-electron chi connectivity index (χ1n) is 6.58. The molecule has 110 valence electrons. The van der Waals surface area contributed by atoms with Crippen molar-refractivity contribution in [3.8, 4) is 0 Å². The number of rotatable bonds is 6. The Hall–Kier alpha value is -1.88. The molecule has 0 saturated carbocycles. The van der Waals surface area contributed by atoms with E-state index in [1.54, 1.807) is 6.92 Å². The fourth-order valence-electron chi connectivity index (χ4n) is 1.76. The van der Waals surface area contributed by atoms with Crippen molar-refractivity contribution in [2.24, 2.45) is 11.8 Å². The van der Waals surface area contributed by atoms with Crippen molar-refractivity contribution in [3.05, 3.63) is 29.8 Å². The summed E-state index contributed by atoms with van der Waals surface area (Å²) in [5.41, 5.74) is 1.84. The van der Waals surface area contributed by atoms with Crippen LogP contribution in [0.15, 0.2) is 24.3 Å². The van der Waals surface area contributed by atoms with Crippen LogP contribution in [0.4, 0.5) is 5.69 Å². The lowest BCUT2D eigenvalue weighted by atomic mass is 9.95. The van der Waals surface area contributed by atoms with Crippen LogP contribution in [0.25, 0.3) is 0 Å². The van der Waals surface area contributed by atoms with Crippen molar-refractivity contribution in [1.29, 1.82) is 0 Å². The molecule has 0 aliphatic heterocycles. The zero-order chi connectivity index (χ0) is 15.3. The number of nitrogens with one attached hydrogen (secondary N) is 1. The molecule has 1 aromatic rings. The number of nitrogens with zero attached hydrogens (tertiary/aromatic N) is 1. The van der Waals surface area contributed by atoms with Crippen LogP contribution in [-0.4, -0.2) is 36.0 Å². The van der Waals surface area contributed by atoms with Gasteiger partial charge in [-0.05, 0) is 31.8 Å². The summed E-state index contributed by atoms with van der Waals surface area (Å²) in [5, 5.41) is 11.6. The molecule has 0 heterocycles. The molecule has 2 atom stereocenters. The summed E-state index contributed by atoms with van der Waals surface area (Å²) in [7, 11) is 3.98. The molecule has 0 radical (unpaired) electrons. The number of anilines is 1. The largest absolute Gasteiger partial charge is 0.481 e. The van der Waals surface area contributed by atoms with E-state index in [9.17, 15) is 9.59 Å². The molecule has 1 amide bonds. The van der Waals surface area contributed by atoms with Gasteiger partial charge in [0.1, 0.15) is 0 Å². The minimum Gasteiger partial charge on any atom is -0.481 e. The number of aliphatic carboxylic acids is 1. The maximum Gasteiger partial charge on any atom is 0.307 e. The summed E-state index contributed by atoms with van der Waals surface area (Å²) >= 11 is 0. The molecule has 0 aromatic heterocycles. The number of amides is 1. The third-order valence-electron chi connectivity index (χ3n) is 3.27. The van der Waals surface area contributed by atoms with Crippen LogP contribution in [0.5, 0.6) is 0 Å². The third kappa shape index (κ3) is 4.66. The lowest BCUT2D eigenvalue weighted by molar-refractivity contribution is -0.145. The number of carbonyl (C=O) groups excluding carboxylic acids is 1. The topological polar surface area (TPSA) is 69.6 Å². The van der Waals surface area contributed by atoms with Gasteiger partial charge in [0.25, 0.3) is 0 Å². The van der Waals surface area contributed by atoms with E-state index < -0.39 is 17.8 Å². The van der Waals surface area contributed by atoms with Gasteiger partial charge in [-0.3, -0.25) is 9.59 Å². The van der Waals surface area contributed by atoms with Gasteiger partial charge in [-0.15, -0.1) is 0 Å². The molecule has 2 N–H and O–H groups in total. The molecule has 20 heavy (non-hydrogen) atoms. The van der Waals surface area contributed by atoms with Crippen molar-refractivity contribution in [2.45, 2.75) is 20.4 Å². The quantitative estimate of drug-likeness (QED) is 0.835. The van der Waals surface area contributed by atoms with E-state index in [-0.39, 0.29) is 5.91 Å². The van der Waals surface area contributed by atoms with Gasteiger partial charge >= 0.3 is 5.97 Å². The number of carboxylic acid groups (broad SMARTS) is 1. The molecule has 0 saturated heterocycles. The molecular formula is C15H22N2O3. The van der Waals surface area contributed by atoms with Gasteiger partial charge in [-0.1, -0.05) is 26.0 Å². The van der Waals surface area contributed by atoms with Crippen molar-refractivity contribution in [2.75, 3.05) is 19.4 Å². The van der Waals surface area contributed by atoms with Crippen LogP contribution in [0.3, 0.4) is 0 Å². The first-order chi connectivity index (χ1) is 9.31. The lowest BCUT2D eigenvalue weighted by Crippen LogP contribution is -2.29. The van der Waals surface area contributed by atoms with Crippen molar-refractivity contribution < 1.29 is 14.7 Å². The Morgan fingerprint density at radius 1 is 1.15 bits per heavy atom. The number of benzene rings is 1. The van der Waals surface area contributed by atoms with E-state index in [0.29, 0.717) is 5.69 Å². The van der Waals surface area contributed by atoms with E-state index in [0.717, 1.165) is 12.1 Å². The van der Waals surface area contributed by atoms with E-state index in [2.05, 4.69) is 10.2 Å². The summed E-state index contributed by atoms with van der Waals surface area (Å²) < 4.78 is 0. The fourth-order valence-corrected chi connectivity index (χ4v) is 1.76. The minimum atomic E-state index is -0.964. The number of carboxylic acids is 1. The average Bonchev–Trinajstić information content (AvgIpc) is 2.38. The number of hydrogen-bond donors (Lipinski definition) is 2. The normalized spacial score (nSPS) is 13.8. The Kier molecular flexibility index (Phi) is 5.70. The maximum absolute atomic E-state index is 11.9. The first kappa shape index (κ1) is 16.2. The van der Waals surface area contributed by atoms with Gasteiger partial charge in [-0.25, -0.2) is 0 Å². The Bertz CT molecular complexity index is 469. The summed E-state index contributed by atoms with van der Waals surface area (Å²) in [4.78, 5) is 24.9. The van der Waals surface area contributed by atoms with Gasteiger partial charge in [0, 0.05) is 18.2 Å². The highest BCUT2D eigenvalue weighted by Gasteiger charge is 2.25. The second-order valence-electron chi connectivity index (χ2n) is 5.34. The molecule has 5 heteroatoms.